The Morgan fingerprint density at radius 1 is 0.710 bits per heavy atom. The predicted octanol–water partition coefficient (Wildman–Crippen LogP) is 0.291. The van der Waals surface area contributed by atoms with Crippen molar-refractivity contribution < 1.29 is 43.7 Å². The van der Waals surface area contributed by atoms with E-state index < -0.39 is 29.6 Å². The summed E-state index contributed by atoms with van der Waals surface area (Å²) in [5.41, 5.74) is 0. The van der Waals surface area contributed by atoms with Gasteiger partial charge in [-0.2, -0.15) is 5.26 Å². The molecule has 2 N–H and O–H groups in total. The molecule has 0 aromatic carbocycles. The third-order valence-corrected chi connectivity index (χ3v) is 3.28. The van der Waals surface area contributed by atoms with E-state index in [0.717, 1.165) is 23.1 Å². The van der Waals surface area contributed by atoms with Gasteiger partial charge in [0.05, 0.1) is 0 Å². The van der Waals surface area contributed by atoms with E-state index in [-0.39, 0.29) is 24.8 Å². The number of imide groups is 2. The molecule has 0 heterocycles. The van der Waals surface area contributed by atoms with Crippen LogP contribution in [0.15, 0.2) is 0 Å². The summed E-state index contributed by atoms with van der Waals surface area (Å²) in [6, 6.07) is 0. The van der Waals surface area contributed by atoms with Crippen LogP contribution in [0.4, 0.5) is 0 Å². The maximum absolute atomic E-state index is 11.1. The number of nitrogens with one attached hydrogen (secondary N) is 1. The van der Waals surface area contributed by atoms with Gasteiger partial charge in [0.1, 0.15) is 5.78 Å². The summed E-state index contributed by atoms with van der Waals surface area (Å²) in [5.74, 6) is -2.17. The zero-order valence-corrected chi connectivity index (χ0v) is 19.1. The molecule has 0 spiro atoms. The first-order chi connectivity index (χ1) is 14.2. The molecule has 0 rings (SSSR count). The number of hydrogen-bond donors (Lipinski definition) is 2. The number of hydrogen-bond acceptors (Lipinski definition) is 9. The van der Waals surface area contributed by atoms with Crippen molar-refractivity contribution in [3.63, 3.8) is 0 Å². The Labute approximate surface area is 181 Å². The first-order valence-electron chi connectivity index (χ1n) is 9.30. The SMILES string of the molecule is CC(=O)CCCNC(C)=O.CC(=O)N(CCN(C(C)=O)C(C)=O)C(C)=O.CC(=O)OO. The Morgan fingerprint density at radius 2 is 1.03 bits per heavy atom. The summed E-state index contributed by atoms with van der Waals surface area (Å²) in [5, 5.41) is 9.90. The van der Waals surface area contributed by atoms with E-state index in [9.17, 15) is 33.6 Å². The molecule has 0 saturated heterocycles. The standard InChI is InChI=1S/C10H16N2O4.C7H13NO2.C2H4O3/c1-7(13)11(8(2)14)5-6-12(9(3)15)10(4)16;1-6(9)4-3-5-8-7(2)10;1-2(3)5-4/h5-6H2,1-4H3;3-5H2,1-2H3,(H,8,10);4H,1H3. The van der Waals surface area contributed by atoms with Gasteiger partial charge in [-0.1, -0.05) is 0 Å². The van der Waals surface area contributed by atoms with E-state index in [1.54, 1.807) is 6.92 Å². The second-order valence-electron chi connectivity index (χ2n) is 6.25. The van der Waals surface area contributed by atoms with Gasteiger partial charge < -0.3 is 15.0 Å². The summed E-state index contributed by atoms with van der Waals surface area (Å²) in [7, 11) is 0. The molecule has 31 heavy (non-hydrogen) atoms. The van der Waals surface area contributed by atoms with Gasteiger partial charge in [-0.15, -0.1) is 0 Å². The van der Waals surface area contributed by atoms with Crippen LogP contribution in [-0.2, 0) is 38.4 Å². The number of ketones is 1. The van der Waals surface area contributed by atoms with Crippen molar-refractivity contribution >= 4 is 41.3 Å². The Bertz CT molecular complexity index is 572. The average molecular weight is 447 g/mol. The summed E-state index contributed by atoms with van der Waals surface area (Å²) in [4.78, 5) is 79.3. The van der Waals surface area contributed by atoms with E-state index in [4.69, 9.17) is 5.26 Å². The van der Waals surface area contributed by atoms with E-state index in [1.807, 2.05) is 0 Å². The van der Waals surface area contributed by atoms with Crippen molar-refractivity contribution in [2.75, 3.05) is 19.6 Å². The normalized spacial score (nSPS) is 8.90. The second-order valence-corrected chi connectivity index (χ2v) is 6.25. The maximum Gasteiger partial charge on any atom is 0.339 e. The van der Waals surface area contributed by atoms with Gasteiger partial charge in [0.25, 0.3) is 0 Å². The number of carbonyl (C=O) groups excluding carboxylic acids is 7. The smallest absolute Gasteiger partial charge is 0.339 e. The van der Waals surface area contributed by atoms with Crippen LogP contribution in [-0.4, -0.2) is 76.0 Å². The van der Waals surface area contributed by atoms with Gasteiger partial charge in [0.2, 0.25) is 29.5 Å². The highest BCUT2D eigenvalue weighted by Gasteiger charge is 2.18. The molecule has 12 heteroatoms. The first-order valence-corrected chi connectivity index (χ1v) is 9.30. The molecule has 0 aromatic rings. The zero-order valence-electron chi connectivity index (χ0n) is 19.1. The molecular formula is C19H33N3O9. The monoisotopic (exact) mass is 447 g/mol. The first kappa shape index (κ1) is 32.5. The quantitative estimate of drug-likeness (QED) is 0.316. The molecule has 0 aliphatic carbocycles. The number of rotatable bonds is 7. The number of carbonyl (C=O) groups is 7. The molecule has 12 nitrogen and oxygen atoms in total. The number of nitrogens with zero attached hydrogens (tertiary/aromatic N) is 2. The van der Waals surface area contributed by atoms with Crippen LogP contribution in [0, 0.1) is 0 Å². The van der Waals surface area contributed by atoms with E-state index in [2.05, 4.69) is 10.2 Å². The summed E-state index contributed by atoms with van der Waals surface area (Å²) < 4.78 is 0. The number of amides is 5. The fraction of sp³-hybridized carbons (Fsp3) is 0.632. The van der Waals surface area contributed by atoms with Crippen molar-refractivity contribution in [1.29, 1.82) is 0 Å². The molecule has 0 fully saturated rings. The predicted molar refractivity (Wildman–Crippen MR) is 109 cm³/mol. The van der Waals surface area contributed by atoms with Crippen molar-refractivity contribution in [2.24, 2.45) is 0 Å². The molecule has 0 saturated carbocycles. The van der Waals surface area contributed by atoms with Crippen LogP contribution in [0.1, 0.15) is 61.3 Å². The molecule has 0 aliphatic rings. The van der Waals surface area contributed by atoms with Crippen LogP contribution in [0.25, 0.3) is 0 Å². The molecule has 0 bridgehead atoms. The van der Waals surface area contributed by atoms with Gasteiger partial charge in [-0.25, -0.2) is 4.79 Å². The van der Waals surface area contributed by atoms with E-state index in [0.29, 0.717) is 13.0 Å². The van der Waals surface area contributed by atoms with Crippen LogP contribution >= 0.6 is 0 Å². The minimum absolute atomic E-state index is 0.0316. The highest BCUT2D eigenvalue weighted by Crippen LogP contribution is 1.96. The van der Waals surface area contributed by atoms with Crippen LogP contribution in [0.2, 0.25) is 0 Å². The van der Waals surface area contributed by atoms with Crippen LogP contribution in [0.3, 0.4) is 0 Å². The molecular weight excluding hydrogens is 414 g/mol. The lowest BCUT2D eigenvalue weighted by Crippen LogP contribution is -2.43. The average Bonchev–Trinajstić information content (AvgIpc) is 2.61. The van der Waals surface area contributed by atoms with Gasteiger partial charge in [-0.3, -0.25) is 33.8 Å². The molecule has 0 unspecified atom stereocenters. The Kier molecular flexibility index (Phi) is 19.8. The van der Waals surface area contributed by atoms with Crippen LogP contribution < -0.4 is 5.32 Å². The minimum Gasteiger partial charge on any atom is -0.356 e. The maximum atomic E-state index is 11.1. The fourth-order valence-electron chi connectivity index (χ4n) is 1.87. The van der Waals surface area contributed by atoms with Crippen LogP contribution in [0.5, 0.6) is 0 Å². The largest absolute Gasteiger partial charge is 0.356 e. The topological polar surface area (TPSA) is 167 Å². The minimum atomic E-state index is -0.690. The lowest BCUT2D eigenvalue weighted by atomic mass is 10.2. The van der Waals surface area contributed by atoms with E-state index in [1.165, 1.54) is 34.6 Å². The third kappa shape index (κ3) is 23.0. The van der Waals surface area contributed by atoms with Gasteiger partial charge >= 0.3 is 5.97 Å². The summed E-state index contributed by atoms with van der Waals surface area (Å²) in [6.45, 7) is 9.82. The highest BCUT2D eigenvalue weighted by atomic mass is 17.1. The number of Topliss-reactive ketones (excluding diaryl/α,β-unsaturated/α-hetero) is 1. The highest BCUT2D eigenvalue weighted by molar-refractivity contribution is 5.94. The molecule has 0 aromatic heterocycles. The van der Waals surface area contributed by atoms with Crippen molar-refractivity contribution in [3.8, 4) is 0 Å². The lowest BCUT2D eigenvalue weighted by Gasteiger charge is -2.22. The van der Waals surface area contributed by atoms with Crippen molar-refractivity contribution in [2.45, 2.75) is 61.3 Å². The van der Waals surface area contributed by atoms with Crippen molar-refractivity contribution in [3.05, 3.63) is 0 Å². The molecule has 5 amide bonds. The molecule has 0 radical (unpaired) electrons. The van der Waals surface area contributed by atoms with E-state index >= 15 is 0 Å². The summed E-state index contributed by atoms with van der Waals surface area (Å²) in [6.07, 6.45) is 1.30. The lowest BCUT2D eigenvalue weighted by molar-refractivity contribution is -0.231. The zero-order chi connectivity index (χ0) is 25.1. The Hall–Kier alpha value is -3.15. The third-order valence-electron chi connectivity index (χ3n) is 3.28. The van der Waals surface area contributed by atoms with Gasteiger partial charge in [0.15, 0.2) is 0 Å². The Balaban J connectivity index is -0.000000443. The van der Waals surface area contributed by atoms with Crippen molar-refractivity contribution in [1.82, 2.24) is 15.1 Å². The summed E-state index contributed by atoms with van der Waals surface area (Å²) >= 11 is 0. The molecule has 0 aliphatic heterocycles. The Morgan fingerprint density at radius 3 is 1.23 bits per heavy atom. The molecule has 178 valence electrons. The molecule has 0 atom stereocenters. The van der Waals surface area contributed by atoms with Gasteiger partial charge in [0, 0.05) is 67.6 Å². The van der Waals surface area contributed by atoms with Gasteiger partial charge in [-0.05, 0) is 13.3 Å². The fourth-order valence-corrected chi connectivity index (χ4v) is 1.87. The second kappa shape index (κ2) is 18.9.